The summed E-state index contributed by atoms with van der Waals surface area (Å²) in [6.45, 7) is 9.28. The number of carbonyl (C=O) groups is 4. The average molecular weight is 920 g/mol. The third-order valence-electron chi connectivity index (χ3n) is 14.5. The summed E-state index contributed by atoms with van der Waals surface area (Å²) in [4.78, 5) is 66.8. The number of imidazole rings is 1. The smallest absolute Gasteiger partial charge is 0.329 e. The molecule has 3 aliphatic heterocycles. The number of nitrogens with zero attached hydrogens (tertiary/aromatic N) is 2. The zero-order valence-electron chi connectivity index (χ0n) is 40.0. The minimum atomic E-state index is -2.53. The van der Waals surface area contributed by atoms with E-state index in [1.54, 1.807) is 21.0 Å². The SMILES string of the molecule is CO[C@H]1C[C@@H](C)C/C(C)=C/[C@@H](C/C=C/c2nc3ccccc3[nH]2)C(=O)C[C@H](O)[C@@H](C)[C@@H](/C(C)=C/[C@@H]2CC[C@@H](O)[C@H](OC)C2)OC(=O)[C@@H]2CCCCN2C(=O)C(=O)[C@]2(O)O[C@H]1[C@@H](OC)C[C@H]2C. The van der Waals surface area contributed by atoms with Gasteiger partial charge in [0.2, 0.25) is 5.79 Å². The zero-order chi connectivity index (χ0) is 47.9. The number of nitrogens with one attached hydrogen (secondary N) is 1. The van der Waals surface area contributed by atoms with E-state index in [1.807, 2.05) is 69.3 Å². The van der Waals surface area contributed by atoms with Crippen LogP contribution in [0.1, 0.15) is 111 Å². The summed E-state index contributed by atoms with van der Waals surface area (Å²) < 4.78 is 30.1. The molecule has 364 valence electrons. The summed E-state index contributed by atoms with van der Waals surface area (Å²) in [5.41, 5.74) is 3.30. The van der Waals surface area contributed by atoms with Crippen LogP contribution < -0.4 is 0 Å². The number of cyclic esters (lactones) is 1. The van der Waals surface area contributed by atoms with Crippen LogP contribution in [0.25, 0.3) is 17.1 Å². The molecule has 0 radical (unpaired) electrons. The van der Waals surface area contributed by atoms with Crippen molar-refractivity contribution in [2.24, 2.45) is 29.6 Å². The summed E-state index contributed by atoms with van der Waals surface area (Å²) in [5.74, 6) is -7.38. The normalized spacial score (nSPS) is 37.3. The highest BCUT2D eigenvalue weighted by Gasteiger charge is 2.56. The molecule has 2 aromatic rings. The Hall–Kier alpha value is -4.09. The van der Waals surface area contributed by atoms with Crippen molar-refractivity contribution in [3.05, 3.63) is 59.5 Å². The molecule has 1 saturated carbocycles. The number of fused-ring (bicyclic) bond motifs is 4. The van der Waals surface area contributed by atoms with Crippen molar-refractivity contribution in [3.8, 4) is 0 Å². The van der Waals surface area contributed by atoms with Crippen molar-refractivity contribution in [2.45, 2.75) is 160 Å². The molecule has 0 unspecified atom stereocenters. The lowest BCUT2D eigenvalue weighted by atomic mass is 9.81. The molecule has 1 aromatic carbocycles. The van der Waals surface area contributed by atoms with Gasteiger partial charge in [-0.15, -0.1) is 0 Å². The number of ether oxygens (including phenoxy) is 5. The highest BCUT2D eigenvalue weighted by molar-refractivity contribution is 6.39. The number of aromatic amines is 1. The molecule has 4 N–H and O–H groups in total. The van der Waals surface area contributed by atoms with Gasteiger partial charge in [-0.05, 0) is 114 Å². The van der Waals surface area contributed by atoms with Crippen LogP contribution in [0.4, 0.5) is 0 Å². The minimum absolute atomic E-state index is 0.0296. The maximum Gasteiger partial charge on any atom is 0.329 e. The molecular weight excluding hydrogens is 847 g/mol. The first kappa shape index (κ1) is 51.3. The average Bonchev–Trinajstić information content (AvgIpc) is 3.72. The van der Waals surface area contributed by atoms with E-state index in [9.17, 15) is 34.5 Å². The second kappa shape index (κ2) is 22.8. The Morgan fingerprint density at radius 2 is 1.64 bits per heavy atom. The third kappa shape index (κ3) is 11.9. The molecular formula is C51H73N3O12. The molecule has 2 saturated heterocycles. The van der Waals surface area contributed by atoms with Gasteiger partial charge in [0.1, 0.15) is 29.9 Å². The Balaban J connectivity index is 1.37. The molecule has 4 aliphatic rings. The fraction of sp³-hybridized carbons (Fsp3) is 0.667. The number of piperidine rings is 1. The molecule has 1 aliphatic carbocycles. The van der Waals surface area contributed by atoms with E-state index in [0.29, 0.717) is 62.8 Å². The van der Waals surface area contributed by atoms with Crippen molar-refractivity contribution >= 4 is 40.6 Å². The quantitative estimate of drug-likeness (QED) is 0.136. The van der Waals surface area contributed by atoms with Gasteiger partial charge in [0.25, 0.3) is 11.7 Å². The zero-order valence-corrected chi connectivity index (χ0v) is 40.0. The molecule has 4 heterocycles. The molecule has 2 bridgehead atoms. The maximum absolute atomic E-state index is 14.5. The van der Waals surface area contributed by atoms with Crippen molar-refractivity contribution < 1.29 is 58.2 Å². The second-order valence-corrected chi connectivity index (χ2v) is 19.5. The number of amides is 1. The Morgan fingerprint density at radius 1 is 0.924 bits per heavy atom. The van der Waals surface area contributed by atoms with Gasteiger partial charge in [0.15, 0.2) is 0 Å². The first-order valence-corrected chi connectivity index (χ1v) is 23.9. The van der Waals surface area contributed by atoms with E-state index >= 15 is 0 Å². The Morgan fingerprint density at radius 3 is 2.35 bits per heavy atom. The molecule has 15 heteroatoms. The number of Topliss-reactive ketones (excluding diaryl/α,β-unsaturated/α-hetero) is 2. The fourth-order valence-electron chi connectivity index (χ4n) is 10.6. The van der Waals surface area contributed by atoms with E-state index in [0.717, 1.165) is 16.6 Å². The Labute approximate surface area is 389 Å². The van der Waals surface area contributed by atoms with Crippen LogP contribution in [0.3, 0.4) is 0 Å². The van der Waals surface area contributed by atoms with E-state index in [-0.39, 0.29) is 49.5 Å². The van der Waals surface area contributed by atoms with Gasteiger partial charge in [0, 0.05) is 52.0 Å². The van der Waals surface area contributed by atoms with Crippen LogP contribution in [-0.2, 0) is 42.9 Å². The lowest BCUT2D eigenvalue weighted by molar-refractivity contribution is -0.302. The minimum Gasteiger partial charge on any atom is -0.456 e. The van der Waals surface area contributed by atoms with Gasteiger partial charge in [-0.2, -0.15) is 0 Å². The standard InChI is InChI=1S/C51H73N3O12/c1-29-22-30(2)24-43(63-7)47-44(64-8)26-32(4)51(61,66-47)48(58)49(59)54-21-12-11-17-38(54)50(60)65-46(31(3)25-34-19-20-39(55)42(27-34)62-6)33(5)40(56)28-41(57)35(23-29)14-13-18-45-52-36-15-9-10-16-37(36)53-45/h9-10,13,15-16,18,23,25,30,32-35,38-40,42-44,46-47,55-56,61H,11-12,14,17,19-22,24,26-28H2,1-8H3,(H,52,53)/b18-13+,29-23+,31-25+/t30-,32+,33+,34-,35+,38-,39+,40-,42+,43-,44-,46+,47+,51+/m0/s1. The number of para-hydroxylation sites is 2. The third-order valence-corrected chi connectivity index (χ3v) is 14.5. The summed E-state index contributed by atoms with van der Waals surface area (Å²) >= 11 is 0. The fourth-order valence-corrected chi connectivity index (χ4v) is 10.6. The number of esters is 1. The predicted octanol–water partition coefficient (Wildman–Crippen LogP) is 6.04. The first-order chi connectivity index (χ1) is 31.5. The van der Waals surface area contributed by atoms with Gasteiger partial charge in [-0.3, -0.25) is 14.4 Å². The Bertz CT molecular complexity index is 2070. The van der Waals surface area contributed by atoms with Crippen LogP contribution in [0.2, 0.25) is 0 Å². The topological polar surface area (TPSA) is 207 Å². The van der Waals surface area contributed by atoms with Crippen LogP contribution in [0.15, 0.2) is 53.6 Å². The van der Waals surface area contributed by atoms with E-state index in [4.69, 9.17) is 23.7 Å². The summed E-state index contributed by atoms with van der Waals surface area (Å²) in [7, 11) is 4.62. The van der Waals surface area contributed by atoms with Gasteiger partial charge in [-0.1, -0.05) is 56.7 Å². The lowest BCUT2D eigenvalue weighted by Gasteiger charge is -2.47. The number of ketones is 2. The number of carbonyl (C=O) groups excluding carboxylic acids is 4. The van der Waals surface area contributed by atoms with Gasteiger partial charge >= 0.3 is 5.97 Å². The molecule has 15 nitrogen and oxygen atoms in total. The molecule has 6 rings (SSSR count). The summed E-state index contributed by atoms with van der Waals surface area (Å²) in [5, 5.41) is 34.7. The molecule has 3 fully saturated rings. The van der Waals surface area contributed by atoms with Crippen molar-refractivity contribution in [1.29, 1.82) is 0 Å². The number of hydrogen-bond acceptors (Lipinski definition) is 13. The summed E-state index contributed by atoms with van der Waals surface area (Å²) in [6, 6.07) is 6.55. The monoisotopic (exact) mass is 920 g/mol. The molecule has 0 spiro atoms. The number of methoxy groups -OCH3 is 3. The van der Waals surface area contributed by atoms with Gasteiger partial charge in [-0.25, -0.2) is 9.78 Å². The number of aliphatic hydroxyl groups is 3. The Kier molecular flexibility index (Phi) is 17.7. The number of allylic oxidation sites excluding steroid dienone is 4. The maximum atomic E-state index is 14.5. The van der Waals surface area contributed by atoms with E-state index in [2.05, 4.69) is 9.97 Å². The van der Waals surface area contributed by atoms with Crippen LogP contribution in [0.5, 0.6) is 0 Å². The predicted molar refractivity (Wildman–Crippen MR) is 248 cm³/mol. The van der Waals surface area contributed by atoms with Gasteiger partial charge in [0.05, 0.1) is 41.6 Å². The van der Waals surface area contributed by atoms with Crippen LogP contribution in [-0.4, -0.2) is 136 Å². The largest absolute Gasteiger partial charge is 0.456 e. The number of benzene rings is 1. The number of hydrogen-bond donors (Lipinski definition) is 4. The van der Waals surface area contributed by atoms with Gasteiger partial charge < -0.3 is 48.9 Å². The molecule has 1 aromatic heterocycles. The second-order valence-electron chi connectivity index (χ2n) is 19.5. The number of aliphatic hydroxyl groups excluding tert-OH is 2. The van der Waals surface area contributed by atoms with Crippen molar-refractivity contribution in [1.82, 2.24) is 14.9 Å². The highest BCUT2D eigenvalue weighted by atomic mass is 16.7. The highest BCUT2D eigenvalue weighted by Crippen LogP contribution is 2.39. The van der Waals surface area contributed by atoms with Crippen molar-refractivity contribution in [2.75, 3.05) is 27.9 Å². The van der Waals surface area contributed by atoms with Crippen molar-refractivity contribution in [3.63, 3.8) is 0 Å². The molecule has 66 heavy (non-hydrogen) atoms. The molecule has 1 amide bonds. The van der Waals surface area contributed by atoms with E-state index in [1.165, 1.54) is 19.1 Å². The molecule has 14 atom stereocenters. The lowest BCUT2D eigenvalue weighted by Crippen LogP contribution is -2.64. The van der Waals surface area contributed by atoms with E-state index < -0.39 is 83.9 Å². The number of H-pyrrole nitrogens is 1. The first-order valence-electron chi connectivity index (χ1n) is 23.9. The van der Waals surface area contributed by atoms with Crippen LogP contribution in [0, 0.1) is 29.6 Å². The van der Waals surface area contributed by atoms with Crippen LogP contribution >= 0.6 is 0 Å². The number of aromatic nitrogens is 2. The summed E-state index contributed by atoms with van der Waals surface area (Å²) in [6.07, 6.45) is 6.62. The number of rotatable bonds is 8.